The Kier molecular flexibility index (Phi) is 3.82. The standard InChI is InChI=1S/C11H14N2O6S/c1-18-11(15)8-2-3-10(19-8)13-5-7(4-9(13)14)6-20(12,16)17/h2-3,7H,4-6H2,1H3,(H2,12,16,17). The Morgan fingerprint density at radius 2 is 2.25 bits per heavy atom. The van der Waals surface area contributed by atoms with Gasteiger partial charge in [-0.1, -0.05) is 0 Å². The van der Waals surface area contributed by atoms with Gasteiger partial charge in [-0.15, -0.1) is 0 Å². The van der Waals surface area contributed by atoms with Crippen LogP contribution in [0.1, 0.15) is 17.0 Å². The molecule has 8 nitrogen and oxygen atoms in total. The number of primary sulfonamides is 1. The number of carbonyl (C=O) groups is 2. The lowest BCUT2D eigenvalue weighted by Crippen LogP contribution is -2.27. The summed E-state index contributed by atoms with van der Waals surface area (Å²) in [6.07, 6.45) is 0.0741. The molecule has 1 aromatic rings. The molecule has 0 spiro atoms. The van der Waals surface area contributed by atoms with Crippen LogP contribution < -0.4 is 10.0 Å². The van der Waals surface area contributed by atoms with E-state index < -0.39 is 16.0 Å². The molecule has 1 amide bonds. The third-order valence-corrected chi connectivity index (χ3v) is 3.85. The molecular formula is C11H14N2O6S. The molecule has 0 aliphatic carbocycles. The van der Waals surface area contributed by atoms with E-state index in [1.54, 1.807) is 0 Å². The Balaban J connectivity index is 2.12. The Morgan fingerprint density at radius 1 is 1.55 bits per heavy atom. The molecule has 2 N–H and O–H groups in total. The highest BCUT2D eigenvalue weighted by Gasteiger charge is 2.34. The lowest BCUT2D eigenvalue weighted by molar-refractivity contribution is -0.117. The van der Waals surface area contributed by atoms with Crippen molar-refractivity contribution in [2.45, 2.75) is 6.42 Å². The number of methoxy groups -OCH3 is 1. The highest BCUT2D eigenvalue weighted by Crippen LogP contribution is 2.27. The fourth-order valence-electron chi connectivity index (χ4n) is 2.12. The van der Waals surface area contributed by atoms with Crippen molar-refractivity contribution in [2.75, 3.05) is 24.3 Å². The smallest absolute Gasteiger partial charge is 0.374 e. The molecule has 20 heavy (non-hydrogen) atoms. The minimum Gasteiger partial charge on any atom is -0.463 e. The average molecular weight is 302 g/mol. The Labute approximate surface area is 115 Å². The summed E-state index contributed by atoms with van der Waals surface area (Å²) in [5.74, 6) is -1.41. The molecule has 0 bridgehead atoms. The first-order valence-electron chi connectivity index (χ1n) is 5.79. The molecule has 0 saturated carbocycles. The van der Waals surface area contributed by atoms with Gasteiger partial charge in [0.1, 0.15) is 0 Å². The van der Waals surface area contributed by atoms with Gasteiger partial charge in [-0.2, -0.15) is 0 Å². The number of rotatable bonds is 4. The van der Waals surface area contributed by atoms with E-state index in [9.17, 15) is 18.0 Å². The molecule has 1 aliphatic heterocycles. The van der Waals surface area contributed by atoms with Crippen molar-refractivity contribution in [3.63, 3.8) is 0 Å². The van der Waals surface area contributed by atoms with Gasteiger partial charge in [0.15, 0.2) is 0 Å². The average Bonchev–Trinajstić information content (AvgIpc) is 2.92. The molecule has 0 radical (unpaired) electrons. The highest BCUT2D eigenvalue weighted by molar-refractivity contribution is 7.89. The fraction of sp³-hybridized carbons (Fsp3) is 0.455. The number of nitrogens with two attached hydrogens (primary N) is 1. The molecule has 1 aromatic heterocycles. The van der Waals surface area contributed by atoms with E-state index in [0.29, 0.717) is 0 Å². The predicted octanol–water partition coefficient (Wildman–Crippen LogP) is -0.292. The van der Waals surface area contributed by atoms with Gasteiger partial charge in [-0.3, -0.25) is 9.69 Å². The van der Waals surface area contributed by atoms with Crippen LogP contribution in [0.15, 0.2) is 16.5 Å². The van der Waals surface area contributed by atoms with Gasteiger partial charge in [0, 0.05) is 24.9 Å². The number of furan rings is 1. The van der Waals surface area contributed by atoms with Gasteiger partial charge < -0.3 is 9.15 Å². The molecule has 1 unspecified atom stereocenters. The molecule has 0 aromatic carbocycles. The van der Waals surface area contributed by atoms with Crippen LogP contribution in [0.3, 0.4) is 0 Å². The zero-order chi connectivity index (χ0) is 14.9. The van der Waals surface area contributed by atoms with Crippen LogP contribution in [0.2, 0.25) is 0 Å². The van der Waals surface area contributed by atoms with Crippen molar-refractivity contribution >= 4 is 27.8 Å². The number of sulfonamides is 1. The molecule has 110 valence electrons. The van der Waals surface area contributed by atoms with Crippen molar-refractivity contribution in [3.8, 4) is 0 Å². The summed E-state index contributed by atoms with van der Waals surface area (Å²) in [6, 6.07) is 2.85. The van der Waals surface area contributed by atoms with Crippen molar-refractivity contribution in [3.05, 3.63) is 17.9 Å². The monoisotopic (exact) mass is 302 g/mol. The number of nitrogens with zero attached hydrogens (tertiary/aromatic N) is 1. The number of anilines is 1. The van der Waals surface area contributed by atoms with Crippen LogP contribution in [0.5, 0.6) is 0 Å². The largest absolute Gasteiger partial charge is 0.463 e. The molecule has 2 rings (SSSR count). The van der Waals surface area contributed by atoms with E-state index in [1.165, 1.54) is 24.1 Å². The maximum absolute atomic E-state index is 11.8. The van der Waals surface area contributed by atoms with Crippen LogP contribution in [0.4, 0.5) is 5.88 Å². The molecular weight excluding hydrogens is 288 g/mol. The molecule has 1 aliphatic rings. The van der Waals surface area contributed by atoms with Crippen LogP contribution in [0.25, 0.3) is 0 Å². The summed E-state index contributed by atoms with van der Waals surface area (Å²) < 4.78 is 31.8. The lowest BCUT2D eigenvalue weighted by Gasteiger charge is -2.12. The van der Waals surface area contributed by atoms with Crippen molar-refractivity contribution in [1.29, 1.82) is 0 Å². The van der Waals surface area contributed by atoms with Gasteiger partial charge in [-0.25, -0.2) is 18.4 Å². The van der Waals surface area contributed by atoms with Gasteiger partial charge in [0.25, 0.3) is 0 Å². The van der Waals surface area contributed by atoms with Crippen LogP contribution in [-0.2, 0) is 19.6 Å². The summed E-state index contributed by atoms with van der Waals surface area (Å²) in [5.41, 5.74) is 0. The van der Waals surface area contributed by atoms with Gasteiger partial charge in [0.2, 0.25) is 27.6 Å². The number of amides is 1. The predicted molar refractivity (Wildman–Crippen MR) is 68.5 cm³/mol. The van der Waals surface area contributed by atoms with Gasteiger partial charge in [0.05, 0.1) is 12.9 Å². The minimum atomic E-state index is -3.63. The first-order valence-corrected chi connectivity index (χ1v) is 7.50. The van der Waals surface area contributed by atoms with Gasteiger partial charge in [-0.05, 0) is 6.07 Å². The van der Waals surface area contributed by atoms with E-state index in [1.807, 2.05) is 0 Å². The molecule has 2 heterocycles. The normalized spacial score (nSPS) is 19.4. The second-order valence-electron chi connectivity index (χ2n) is 4.53. The first-order chi connectivity index (χ1) is 9.30. The number of carbonyl (C=O) groups excluding carboxylic acids is 2. The number of hydrogen-bond donors (Lipinski definition) is 1. The Morgan fingerprint density at radius 3 is 2.85 bits per heavy atom. The van der Waals surface area contributed by atoms with Crippen molar-refractivity contribution < 1.29 is 27.2 Å². The van der Waals surface area contributed by atoms with E-state index in [4.69, 9.17) is 9.56 Å². The minimum absolute atomic E-state index is 0.0230. The van der Waals surface area contributed by atoms with Crippen molar-refractivity contribution in [2.24, 2.45) is 11.1 Å². The second-order valence-corrected chi connectivity index (χ2v) is 6.19. The number of hydrogen-bond acceptors (Lipinski definition) is 6. The quantitative estimate of drug-likeness (QED) is 0.763. The van der Waals surface area contributed by atoms with Crippen molar-refractivity contribution in [1.82, 2.24) is 0 Å². The third kappa shape index (κ3) is 3.17. The Bertz CT molecular complexity index is 635. The summed E-state index contributed by atoms with van der Waals surface area (Å²) in [6.45, 7) is 0.184. The maximum Gasteiger partial charge on any atom is 0.374 e. The summed E-state index contributed by atoms with van der Waals surface area (Å²) in [4.78, 5) is 24.4. The number of esters is 1. The summed E-state index contributed by atoms with van der Waals surface area (Å²) in [5, 5.41) is 4.96. The first kappa shape index (κ1) is 14.5. The summed E-state index contributed by atoms with van der Waals surface area (Å²) in [7, 11) is -2.42. The van der Waals surface area contributed by atoms with E-state index in [-0.39, 0.29) is 42.2 Å². The highest BCUT2D eigenvalue weighted by atomic mass is 32.2. The zero-order valence-corrected chi connectivity index (χ0v) is 11.6. The van der Waals surface area contributed by atoms with Crippen LogP contribution in [0, 0.1) is 5.92 Å². The Hall–Kier alpha value is -1.87. The topological polar surface area (TPSA) is 120 Å². The molecule has 9 heteroatoms. The zero-order valence-electron chi connectivity index (χ0n) is 10.7. The number of ether oxygens (including phenoxy) is 1. The SMILES string of the molecule is COC(=O)c1ccc(N2CC(CS(N)(=O)=O)CC2=O)o1. The van der Waals surface area contributed by atoms with E-state index in [2.05, 4.69) is 4.74 Å². The fourth-order valence-corrected chi connectivity index (χ4v) is 3.00. The molecule has 1 saturated heterocycles. The van der Waals surface area contributed by atoms with Crippen LogP contribution >= 0.6 is 0 Å². The van der Waals surface area contributed by atoms with E-state index >= 15 is 0 Å². The van der Waals surface area contributed by atoms with E-state index in [0.717, 1.165) is 0 Å². The second kappa shape index (κ2) is 5.25. The molecule has 1 fully saturated rings. The summed E-state index contributed by atoms with van der Waals surface area (Å²) >= 11 is 0. The maximum atomic E-state index is 11.8. The van der Waals surface area contributed by atoms with Gasteiger partial charge >= 0.3 is 5.97 Å². The lowest BCUT2D eigenvalue weighted by atomic mass is 10.1. The van der Waals surface area contributed by atoms with Crippen LogP contribution in [-0.4, -0.2) is 39.7 Å². The molecule has 1 atom stereocenters. The third-order valence-electron chi connectivity index (χ3n) is 2.92.